The van der Waals surface area contributed by atoms with Gasteiger partial charge in [0.05, 0.1) is 5.56 Å². The summed E-state index contributed by atoms with van der Waals surface area (Å²) in [7, 11) is 0. The topological polar surface area (TPSA) is 46.1 Å². The van der Waals surface area contributed by atoms with Crippen LogP contribution in [-0.2, 0) is 0 Å². The molecule has 21 heavy (non-hydrogen) atoms. The second-order valence-electron chi connectivity index (χ2n) is 6.23. The molecule has 0 bridgehead atoms. The number of aldehydes is 1. The van der Waals surface area contributed by atoms with Crippen molar-refractivity contribution in [2.75, 3.05) is 11.4 Å². The first-order valence-electron chi connectivity index (χ1n) is 7.79. The Labute approximate surface area is 131 Å². The van der Waals surface area contributed by atoms with Gasteiger partial charge in [-0.1, -0.05) is 38.3 Å². The Balaban J connectivity index is 2.36. The molecule has 0 atom stereocenters. The van der Waals surface area contributed by atoms with Gasteiger partial charge in [0.15, 0.2) is 6.29 Å². The number of rotatable bonds is 6. The Kier molecular flexibility index (Phi) is 5.57. The maximum atomic E-state index is 11.4. The van der Waals surface area contributed by atoms with Crippen LogP contribution in [0.5, 0.6) is 0 Å². The van der Waals surface area contributed by atoms with Crippen molar-refractivity contribution in [1.82, 2.24) is 9.97 Å². The van der Waals surface area contributed by atoms with Gasteiger partial charge in [-0.3, -0.25) is 4.79 Å². The average molecular weight is 310 g/mol. The molecule has 0 unspecified atom stereocenters. The number of anilines is 1. The van der Waals surface area contributed by atoms with E-state index in [0.717, 1.165) is 37.9 Å². The summed E-state index contributed by atoms with van der Waals surface area (Å²) in [6.45, 7) is 7.16. The third-order valence-electron chi connectivity index (χ3n) is 4.09. The lowest BCUT2D eigenvalue weighted by Crippen LogP contribution is -2.36. The molecule has 1 aromatic rings. The molecule has 2 rings (SSSR count). The summed E-state index contributed by atoms with van der Waals surface area (Å²) in [6, 6.07) is 0.466. The third kappa shape index (κ3) is 3.94. The highest BCUT2D eigenvalue weighted by atomic mass is 35.5. The zero-order valence-electron chi connectivity index (χ0n) is 13.1. The molecule has 0 aromatic carbocycles. The van der Waals surface area contributed by atoms with Crippen LogP contribution >= 0.6 is 11.6 Å². The second kappa shape index (κ2) is 7.21. The van der Waals surface area contributed by atoms with Gasteiger partial charge in [0, 0.05) is 12.6 Å². The summed E-state index contributed by atoms with van der Waals surface area (Å²) in [5.74, 6) is 1.95. The number of carbonyl (C=O) groups is 1. The average Bonchev–Trinajstić information content (AvgIpc) is 2.92. The second-order valence-corrected chi connectivity index (χ2v) is 6.59. The highest BCUT2D eigenvalue weighted by Gasteiger charge is 2.27. The van der Waals surface area contributed by atoms with Crippen LogP contribution in [0, 0.1) is 12.8 Å². The maximum Gasteiger partial charge on any atom is 0.156 e. The van der Waals surface area contributed by atoms with Gasteiger partial charge in [0.25, 0.3) is 0 Å². The summed E-state index contributed by atoms with van der Waals surface area (Å²) in [6.07, 6.45) is 6.69. The summed E-state index contributed by atoms with van der Waals surface area (Å²) in [5.41, 5.74) is 0.429. The van der Waals surface area contributed by atoms with E-state index in [-0.39, 0.29) is 5.15 Å². The molecule has 0 spiro atoms. The van der Waals surface area contributed by atoms with Gasteiger partial charge in [-0.25, -0.2) is 9.97 Å². The van der Waals surface area contributed by atoms with E-state index in [1.165, 1.54) is 12.8 Å². The monoisotopic (exact) mass is 309 g/mol. The molecular weight excluding hydrogens is 286 g/mol. The lowest BCUT2D eigenvalue weighted by Gasteiger charge is -2.32. The summed E-state index contributed by atoms with van der Waals surface area (Å²) >= 11 is 6.14. The van der Waals surface area contributed by atoms with E-state index < -0.39 is 0 Å². The Morgan fingerprint density at radius 3 is 2.57 bits per heavy atom. The predicted molar refractivity (Wildman–Crippen MR) is 86.2 cm³/mol. The first kappa shape index (κ1) is 16.2. The number of nitrogens with zero attached hydrogens (tertiary/aromatic N) is 3. The first-order chi connectivity index (χ1) is 10.0. The van der Waals surface area contributed by atoms with Gasteiger partial charge in [0.2, 0.25) is 0 Å². The molecule has 1 aliphatic rings. The molecule has 1 aliphatic carbocycles. The third-order valence-corrected chi connectivity index (χ3v) is 4.38. The van der Waals surface area contributed by atoms with Gasteiger partial charge in [0.1, 0.15) is 16.8 Å². The zero-order chi connectivity index (χ0) is 15.4. The molecule has 4 nitrogen and oxygen atoms in total. The van der Waals surface area contributed by atoms with Gasteiger partial charge < -0.3 is 4.90 Å². The van der Waals surface area contributed by atoms with E-state index >= 15 is 0 Å². The SMILES string of the molecule is Cc1nc(Cl)c(C=O)c(N(CCC(C)C)C2CCCC2)n1. The van der Waals surface area contributed by atoms with Crippen molar-refractivity contribution in [2.45, 2.75) is 58.9 Å². The number of aromatic nitrogens is 2. The van der Waals surface area contributed by atoms with Crippen molar-refractivity contribution in [3.8, 4) is 0 Å². The van der Waals surface area contributed by atoms with E-state index in [9.17, 15) is 4.79 Å². The molecule has 0 radical (unpaired) electrons. The van der Waals surface area contributed by atoms with E-state index in [1.54, 1.807) is 0 Å². The largest absolute Gasteiger partial charge is 0.353 e. The standard InChI is InChI=1S/C16H24ClN3O/c1-11(2)8-9-20(13-6-4-5-7-13)16-14(10-21)15(17)18-12(3)19-16/h10-11,13H,4-9H2,1-3H3. The molecular formula is C16H24ClN3O. The number of aryl methyl sites for hydroxylation is 1. The quantitative estimate of drug-likeness (QED) is 0.587. The Morgan fingerprint density at radius 1 is 1.33 bits per heavy atom. The molecule has 1 aromatic heterocycles. The van der Waals surface area contributed by atoms with Gasteiger partial charge >= 0.3 is 0 Å². The number of carbonyl (C=O) groups excluding carboxylic acids is 1. The fraction of sp³-hybridized carbons (Fsp3) is 0.688. The van der Waals surface area contributed by atoms with Crippen molar-refractivity contribution in [1.29, 1.82) is 0 Å². The number of hydrogen-bond donors (Lipinski definition) is 0. The minimum Gasteiger partial charge on any atom is -0.353 e. The maximum absolute atomic E-state index is 11.4. The van der Waals surface area contributed by atoms with Crippen LogP contribution in [0.15, 0.2) is 0 Å². The minimum atomic E-state index is 0.264. The summed E-state index contributed by atoms with van der Waals surface area (Å²) in [4.78, 5) is 22.3. The van der Waals surface area contributed by atoms with Crippen LogP contribution in [0.1, 0.15) is 62.1 Å². The van der Waals surface area contributed by atoms with Crippen molar-refractivity contribution in [2.24, 2.45) is 5.92 Å². The highest BCUT2D eigenvalue weighted by Crippen LogP contribution is 2.31. The van der Waals surface area contributed by atoms with Gasteiger partial charge in [-0.2, -0.15) is 0 Å². The normalized spacial score (nSPS) is 15.7. The van der Waals surface area contributed by atoms with Crippen LogP contribution in [-0.4, -0.2) is 28.8 Å². The Hall–Kier alpha value is -1.16. The molecule has 0 amide bonds. The number of halogens is 1. The predicted octanol–water partition coefficient (Wildman–Crippen LogP) is 4.05. The van der Waals surface area contributed by atoms with Crippen LogP contribution in [0.3, 0.4) is 0 Å². The Morgan fingerprint density at radius 2 is 2.00 bits per heavy atom. The van der Waals surface area contributed by atoms with Crippen molar-refractivity contribution in [3.05, 3.63) is 16.5 Å². The lowest BCUT2D eigenvalue weighted by atomic mass is 10.1. The van der Waals surface area contributed by atoms with Crippen molar-refractivity contribution < 1.29 is 4.79 Å². The lowest BCUT2D eigenvalue weighted by molar-refractivity contribution is 0.112. The van der Waals surface area contributed by atoms with E-state index in [1.807, 2.05) is 6.92 Å². The number of hydrogen-bond acceptors (Lipinski definition) is 4. The van der Waals surface area contributed by atoms with Gasteiger partial charge in [-0.15, -0.1) is 0 Å². The molecule has 5 heteroatoms. The fourth-order valence-electron chi connectivity index (χ4n) is 2.93. The minimum absolute atomic E-state index is 0.264. The zero-order valence-corrected chi connectivity index (χ0v) is 13.9. The molecule has 0 aliphatic heterocycles. The van der Waals surface area contributed by atoms with E-state index in [4.69, 9.17) is 11.6 Å². The van der Waals surface area contributed by atoms with Crippen LogP contribution in [0.2, 0.25) is 5.15 Å². The van der Waals surface area contributed by atoms with Crippen molar-refractivity contribution in [3.63, 3.8) is 0 Å². The van der Waals surface area contributed by atoms with Crippen LogP contribution < -0.4 is 4.90 Å². The summed E-state index contributed by atoms with van der Waals surface area (Å²) in [5, 5.41) is 0.264. The molecule has 0 N–H and O–H groups in total. The first-order valence-corrected chi connectivity index (χ1v) is 8.16. The van der Waals surface area contributed by atoms with Crippen molar-refractivity contribution >= 4 is 23.7 Å². The highest BCUT2D eigenvalue weighted by molar-refractivity contribution is 6.32. The van der Waals surface area contributed by atoms with Crippen LogP contribution in [0.4, 0.5) is 5.82 Å². The molecule has 1 saturated carbocycles. The summed E-state index contributed by atoms with van der Waals surface area (Å²) < 4.78 is 0. The molecule has 1 heterocycles. The molecule has 116 valence electrons. The van der Waals surface area contributed by atoms with Gasteiger partial charge in [-0.05, 0) is 32.1 Å². The van der Waals surface area contributed by atoms with Crippen LogP contribution in [0.25, 0.3) is 0 Å². The molecule has 1 fully saturated rings. The Bertz CT molecular complexity index is 499. The smallest absolute Gasteiger partial charge is 0.156 e. The van der Waals surface area contributed by atoms with E-state index in [0.29, 0.717) is 23.3 Å². The van der Waals surface area contributed by atoms with E-state index in [2.05, 4.69) is 28.7 Å². The fourth-order valence-corrected chi connectivity index (χ4v) is 3.18. The molecule has 0 saturated heterocycles.